The second-order valence-corrected chi connectivity index (χ2v) is 20.5. The molecule has 10 nitrogen and oxygen atoms in total. The van der Waals surface area contributed by atoms with Gasteiger partial charge in [-0.2, -0.15) is 5.69 Å². The summed E-state index contributed by atoms with van der Waals surface area (Å²) in [4.78, 5) is 54.1. The van der Waals surface area contributed by atoms with Crippen LogP contribution in [0.2, 0.25) is 0 Å². The first-order valence-electron chi connectivity index (χ1n) is 25.1. The Bertz CT molecular complexity index is 2960. The molecule has 0 amide bonds. The number of aryl methyl sites for hydroxylation is 2. The molecule has 6 heterocycles. The van der Waals surface area contributed by atoms with Crippen LogP contribution in [0.15, 0.2) is 107 Å². The second-order valence-electron chi connectivity index (χ2n) is 20.5. The Labute approximate surface area is 432 Å². The quantitative estimate of drug-likeness (QED) is 0.0575. The Morgan fingerprint density at radius 2 is 1.04 bits per heavy atom. The van der Waals surface area contributed by atoms with Crippen molar-refractivity contribution >= 4 is 40.9 Å². The molecule has 4 aromatic heterocycles. The summed E-state index contributed by atoms with van der Waals surface area (Å²) in [5.41, 5.74) is 16.0. The van der Waals surface area contributed by atoms with Crippen LogP contribution in [-0.4, -0.2) is 39.6 Å². The molecule has 2 aliphatic carbocycles. The Kier molecular flexibility index (Phi) is 16.2. The van der Waals surface area contributed by atoms with Gasteiger partial charge in [0, 0.05) is 40.5 Å². The van der Waals surface area contributed by atoms with Crippen LogP contribution in [0, 0.1) is 49.4 Å². The van der Waals surface area contributed by atoms with Gasteiger partial charge >= 0.3 is 25.4 Å². The Morgan fingerprint density at radius 1 is 0.592 bits per heavy atom. The van der Waals surface area contributed by atoms with Crippen molar-refractivity contribution in [3.63, 3.8) is 0 Å². The van der Waals surface area contributed by atoms with E-state index in [-0.39, 0.29) is 37.7 Å². The third-order valence-corrected chi connectivity index (χ3v) is 14.7. The minimum absolute atomic E-state index is 0. The third kappa shape index (κ3) is 11.0. The molecule has 2 aliphatic heterocycles. The average Bonchev–Trinajstić information content (AvgIpc) is 4.05. The normalized spacial score (nSPS) is 24.6. The minimum Gasteiger partial charge on any atom is -0.661 e. The van der Waals surface area contributed by atoms with Crippen molar-refractivity contribution in [1.29, 1.82) is 0 Å². The zero-order valence-corrected chi connectivity index (χ0v) is 46.0. The molecular weight excluding hydrogens is 934 g/mol. The van der Waals surface area contributed by atoms with E-state index in [1.54, 1.807) is 6.20 Å². The second kappa shape index (κ2) is 22.3. The van der Waals surface area contributed by atoms with Crippen molar-refractivity contribution in [2.24, 2.45) is 45.5 Å². The summed E-state index contributed by atoms with van der Waals surface area (Å²) >= 11 is 0. The fourth-order valence-electron chi connectivity index (χ4n) is 11.7. The Hall–Kier alpha value is -5.87. The van der Waals surface area contributed by atoms with Gasteiger partial charge in [0.2, 0.25) is 0 Å². The van der Waals surface area contributed by atoms with Crippen LogP contribution in [0.4, 0.5) is 0 Å². The number of esters is 1. The van der Waals surface area contributed by atoms with Gasteiger partial charge in [0.05, 0.1) is 28.9 Å². The monoisotopic (exact) mass is 998 g/mol. The number of rotatable bonds is 10. The van der Waals surface area contributed by atoms with Crippen molar-refractivity contribution < 1.29 is 38.8 Å². The standard InChI is InChI=1S/C30H34N3O2.C30H33N3O2.Zn/c1-18-14-19(2)30(20(3)15-18)35-34-17-25-22(5)32-26(28(25)23-10-7-6-8-11-23)16-27-29-24(21(4)33-27)12-9-13-31-29;1-17-14-18(2)29(19(3)15-17)35-30(34)26-21(5)33-24(27(26)22-10-7-6-8-11-22)16-25-28-23(20(4)32-25)12-9-13-31-28;/h6-13,16,18-20,30H,14-15,17H2,1-5H3;6-13,16-19,29H,14-15H2,1-5H3,(H,31,32,33,34);/q-1;;+2/p-1/b27-16-;;. The van der Waals surface area contributed by atoms with E-state index in [2.05, 4.69) is 87.9 Å². The van der Waals surface area contributed by atoms with Gasteiger partial charge in [0.15, 0.2) is 0 Å². The number of aliphatic imine (C=N–C) groups is 2. The van der Waals surface area contributed by atoms with Crippen LogP contribution >= 0.6 is 0 Å². The molecule has 0 radical (unpaired) electrons. The van der Waals surface area contributed by atoms with Gasteiger partial charge in [-0.15, -0.1) is 17.1 Å². The molecule has 2 fully saturated rings. The van der Waals surface area contributed by atoms with E-state index >= 15 is 0 Å². The van der Waals surface area contributed by atoms with E-state index in [0.717, 1.165) is 103 Å². The fourth-order valence-corrected chi connectivity index (χ4v) is 11.7. The molecule has 10 rings (SSSR count). The number of pyridine rings is 2. The molecule has 4 unspecified atom stereocenters. The minimum atomic E-state index is -0.290. The number of nitrogens with zero attached hydrogens (tertiary/aromatic N) is 6. The predicted molar refractivity (Wildman–Crippen MR) is 281 cm³/mol. The molecule has 2 saturated carbocycles. The number of aromatic nitrogens is 4. The molecule has 11 heteroatoms. The first kappa shape index (κ1) is 51.5. The number of ether oxygens (including phenoxy) is 1. The molecule has 362 valence electrons. The van der Waals surface area contributed by atoms with E-state index in [9.17, 15) is 4.79 Å². The topological polar surface area (TPSA) is 123 Å². The number of hydrogen-bond donors (Lipinski definition) is 0. The number of carbonyl (C=O) groups is 1. The number of hydrogen-bond acceptors (Lipinski definition) is 8. The summed E-state index contributed by atoms with van der Waals surface area (Å²) in [5, 5.41) is 0. The van der Waals surface area contributed by atoms with Gasteiger partial charge in [0.25, 0.3) is 0 Å². The van der Waals surface area contributed by atoms with Crippen LogP contribution in [0.25, 0.3) is 45.8 Å². The van der Waals surface area contributed by atoms with Gasteiger partial charge in [-0.1, -0.05) is 116 Å². The van der Waals surface area contributed by atoms with Gasteiger partial charge in [-0.3, -0.25) is 20.0 Å². The molecule has 4 aliphatic rings. The Morgan fingerprint density at radius 3 is 1.55 bits per heavy atom. The average molecular weight is 1000 g/mol. The van der Waals surface area contributed by atoms with Crippen molar-refractivity contribution in [1.82, 2.24) is 19.9 Å². The van der Waals surface area contributed by atoms with Crippen molar-refractivity contribution in [3.05, 3.63) is 154 Å². The maximum atomic E-state index is 13.7. The van der Waals surface area contributed by atoms with E-state index < -0.39 is 0 Å². The third-order valence-electron chi connectivity index (χ3n) is 14.7. The molecule has 0 spiro atoms. The smallest absolute Gasteiger partial charge is 0.661 e. The largest absolute Gasteiger partial charge is 2.00 e. The molecule has 0 N–H and O–H groups in total. The van der Waals surface area contributed by atoms with Crippen LogP contribution < -0.4 is 9.97 Å². The van der Waals surface area contributed by atoms with Crippen molar-refractivity contribution in [2.45, 2.75) is 114 Å². The predicted octanol–water partition coefficient (Wildman–Crippen LogP) is 13.4. The van der Waals surface area contributed by atoms with E-state index in [4.69, 9.17) is 34.5 Å². The number of carbonyl (C=O) groups excluding carboxylic acids is 1. The van der Waals surface area contributed by atoms with Crippen LogP contribution in [0.3, 0.4) is 0 Å². The van der Waals surface area contributed by atoms with Gasteiger partial charge in [-0.05, 0) is 139 Å². The van der Waals surface area contributed by atoms with Gasteiger partial charge in [-0.25, -0.2) is 14.6 Å². The summed E-state index contributed by atoms with van der Waals surface area (Å²) in [6, 6.07) is 28.3. The van der Waals surface area contributed by atoms with Gasteiger partial charge in [0.1, 0.15) is 12.7 Å². The maximum absolute atomic E-state index is 13.7. The summed E-state index contributed by atoms with van der Waals surface area (Å²) in [7, 11) is 0. The number of fused-ring (bicyclic) bond motifs is 2. The van der Waals surface area contributed by atoms with E-state index in [1.807, 2.05) is 94.6 Å². The van der Waals surface area contributed by atoms with Crippen LogP contribution in [-0.2, 0) is 40.6 Å². The summed E-state index contributed by atoms with van der Waals surface area (Å²) < 4.78 is 6.21. The summed E-state index contributed by atoms with van der Waals surface area (Å²) in [6.07, 6.45) is 12.1. The summed E-state index contributed by atoms with van der Waals surface area (Å²) in [6.45, 7) is 21.8. The van der Waals surface area contributed by atoms with Crippen LogP contribution in [0.1, 0.15) is 142 Å². The first-order valence-corrected chi connectivity index (χ1v) is 25.1. The molecule has 0 bridgehead atoms. The SMILES string of the molecule is CC1=N/C(=C\c2[n-]c(C)c(C(=O)OC3C(C)CC(C)CC3C)c2-c2ccccc2)c2ncccc21.CC1=N/C(=C\c2[n-]c(C)c(COOC3C(C)CC(C)CC3C)c2-c2ccccc2)c2ncccc21.[Zn+2]. The molecule has 71 heavy (non-hydrogen) atoms. The van der Waals surface area contributed by atoms with Crippen molar-refractivity contribution in [2.75, 3.05) is 0 Å². The van der Waals surface area contributed by atoms with Gasteiger partial charge < -0.3 is 14.7 Å². The van der Waals surface area contributed by atoms with Crippen molar-refractivity contribution in [3.8, 4) is 22.3 Å². The number of benzene rings is 2. The fraction of sp³-hybridized carbons (Fsp3) is 0.383. The summed E-state index contributed by atoms with van der Waals surface area (Å²) in [5.74, 6) is 2.74. The molecule has 4 atom stereocenters. The Balaban J connectivity index is 0.000000188. The zero-order chi connectivity index (χ0) is 49.2. The molecule has 6 aromatic rings. The molecule has 2 aromatic carbocycles. The van der Waals surface area contributed by atoms with Crippen LogP contribution in [0.5, 0.6) is 0 Å². The first-order chi connectivity index (χ1) is 33.7. The maximum Gasteiger partial charge on any atom is 2.00 e. The molecular formula is C60H66N6O4Zn. The van der Waals surface area contributed by atoms with E-state index in [1.165, 1.54) is 12.8 Å². The zero-order valence-electron chi connectivity index (χ0n) is 43.1. The van der Waals surface area contributed by atoms with E-state index in [0.29, 0.717) is 53.1 Å². The molecule has 0 saturated heterocycles.